The summed E-state index contributed by atoms with van der Waals surface area (Å²) in [6.07, 6.45) is 3.41. The van der Waals surface area contributed by atoms with Crippen LogP contribution in [0.3, 0.4) is 0 Å². The maximum atomic E-state index is 5.75. The molecule has 0 fully saturated rings. The molecule has 6 heteroatoms. The van der Waals surface area contributed by atoms with Crippen LogP contribution in [0.4, 0.5) is 29.0 Å². The summed E-state index contributed by atoms with van der Waals surface area (Å²) in [5.74, 6) is 1.45. The summed E-state index contributed by atoms with van der Waals surface area (Å²) in [4.78, 5) is 12.3. The van der Waals surface area contributed by atoms with Gasteiger partial charge in [-0.05, 0) is 24.3 Å². The first-order valence-corrected chi connectivity index (χ1v) is 6.43. The van der Waals surface area contributed by atoms with Crippen molar-refractivity contribution >= 4 is 29.0 Å². The molecule has 0 aliphatic rings. The third-order valence-corrected chi connectivity index (χ3v) is 2.74. The van der Waals surface area contributed by atoms with Gasteiger partial charge in [-0.3, -0.25) is 4.98 Å². The van der Waals surface area contributed by atoms with Crippen molar-refractivity contribution in [1.29, 1.82) is 0 Å². The normalized spacial score (nSPS) is 10.1. The lowest BCUT2D eigenvalue weighted by atomic mass is 10.3. The molecule has 4 N–H and O–H groups in total. The number of nitrogens with one attached hydrogen (secondary N) is 2. The molecule has 6 nitrogen and oxygen atoms in total. The number of hydrogen-bond donors (Lipinski definition) is 3. The predicted octanol–water partition coefficient (Wildman–Crippen LogP) is 2.94. The van der Waals surface area contributed by atoms with Crippen LogP contribution in [0.5, 0.6) is 0 Å². The van der Waals surface area contributed by atoms with Crippen molar-refractivity contribution in [2.24, 2.45) is 0 Å². The zero-order chi connectivity index (χ0) is 14.5. The Kier molecular flexibility index (Phi) is 3.60. The van der Waals surface area contributed by atoms with Crippen molar-refractivity contribution in [2.45, 2.75) is 0 Å². The van der Waals surface area contributed by atoms with Crippen LogP contribution < -0.4 is 16.4 Å². The average molecular weight is 278 g/mol. The molecular weight excluding hydrogens is 264 g/mol. The molecule has 0 bridgehead atoms. The maximum absolute atomic E-state index is 5.75. The Labute approximate surface area is 122 Å². The molecule has 3 rings (SSSR count). The fraction of sp³-hybridized carbons (Fsp3) is 0. The summed E-state index contributed by atoms with van der Waals surface area (Å²) in [6, 6.07) is 15.2. The molecule has 104 valence electrons. The quantitative estimate of drug-likeness (QED) is 0.680. The van der Waals surface area contributed by atoms with E-state index in [9.17, 15) is 0 Å². The molecule has 2 heterocycles. The molecule has 0 saturated heterocycles. The Balaban J connectivity index is 1.83. The summed E-state index contributed by atoms with van der Waals surface area (Å²) in [7, 11) is 0. The van der Waals surface area contributed by atoms with Crippen LogP contribution >= 0.6 is 0 Å². The van der Waals surface area contributed by atoms with Gasteiger partial charge in [0, 0.05) is 29.8 Å². The van der Waals surface area contributed by atoms with E-state index in [1.54, 1.807) is 18.5 Å². The summed E-state index contributed by atoms with van der Waals surface area (Å²) < 4.78 is 0. The highest BCUT2D eigenvalue weighted by molar-refractivity contribution is 5.64. The highest BCUT2D eigenvalue weighted by atomic mass is 15.1. The SMILES string of the molecule is Nc1nc(Nc2ccccc2)cc(Nc2ccncc2)n1. The van der Waals surface area contributed by atoms with Gasteiger partial charge in [-0.15, -0.1) is 0 Å². The van der Waals surface area contributed by atoms with Crippen molar-refractivity contribution in [1.82, 2.24) is 15.0 Å². The molecular formula is C15H14N6. The lowest BCUT2D eigenvalue weighted by Gasteiger charge is -2.09. The summed E-state index contributed by atoms with van der Waals surface area (Å²) in [5.41, 5.74) is 7.57. The van der Waals surface area contributed by atoms with E-state index in [4.69, 9.17) is 5.73 Å². The molecule has 0 aliphatic carbocycles. The predicted molar refractivity (Wildman–Crippen MR) is 83.7 cm³/mol. The Hall–Kier alpha value is -3.15. The lowest BCUT2D eigenvalue weighted by molar-refractivity contribution is 1.18. The minimum Gasteiger partial charge on any atom is -0.368 e. The van der Waals surface area contributed by atoms with E-state index in [0.717, 1.165) is 11.4 Å². The van der Waals surface area contributed by atoms with Crippen LogP contribution in [0.2, 0.25) is 0 Å². The fourth-order valence-corrected chi connectivity index (χ4v) is 1.85. The molecule has 3 aromatic rings. The van der Waals surface area contributed by atoms with Crippen LogP contribution in [-0.4, -0.2) is 15.0 Å². The largest absolute Gasteiger partial charge is 0.368 e. The Morgan fingerprint density at radius 1 is 0.762 bits per heavy atom. The van der Waals surface area contributed by atoms with Crippen LogP contribution in [0.25, 0.3) is 0 Å². The van der Waals surface area contributed by atoms with Crippen LogP contribution in [0.1, 0.15) is 0 Å². The number of nitrogen functional groups attached to an aromatic ring is 1. The van der Waals surface area contributed by atoms with Crippen LogP contribution in [0, 0.1) is 0 Å². The molecule has 0 saturated carbocycles. The van der Waals surface area contributed by atoms with Gasteiger partial charge in [-0.1, -0.05) is 18.2 Å². The molecule has 0 radical (unpaired) electrons. The van der Waals surface area contributed by atoms with Gasteiger partial charge in [0.1, 0.15) is 11.6 Å². The van der Waals surface area contributed by atoms with E-state index in [-0.39, 0.29) is 5.95 Å². The van der Waals surface area contributed by atoms with E-state index < -0.39 is 0 Å². The minimum absolute atomic E-state index is 0.201. The van der Waals surface area contributed by atoms with Gasteiger partial charge >= 0.3 is 0 Å². The van der Waals surface area contributed by atoms with Gasteiger partial charge in [-0.2, -0.15) is 9.97 Å². The third-order valence-electron chi connectivity index (χ3n) is 2.74. The van der Waals surface area contributed by atoms with Gasteiger partial charge in [-0.25, -0.2) is 0 Å². The monoisotopic (exact) mass is 278 g/mol. The smallest absolute Gasteiger partial charge is 0.223 e. The summed E-state index contributed by atoms with van der Waals surface area (Å²) >= 11 is 0. The molecule has 2 aromatic heterocycles. The molecule has 0 aliphatic heterocycles. The lowest BCUT2D eigenvalue weighted by Crippen LogP contribution is -2.03. The van der Waals surface area contributed by atoms with Gasteiger partial charge in [0.2, 0.25) is 5.95 Å². The highest BCUT2D eigenvalue weighted by Crippen LogP contribution is 2.20. The van der Waals surface area contributed by atoms with E-state index in [0.29, 0.717) is 11.6 Å². The van der Waals surface area contributed by atoms with Crippen molar-refractivity contribution < 1.29 is 0 Å². The highest BCUT2D eigenvalue weighted by Gasteiger charge is 2.03. The van der Waals surface area contributed by atoms with E-state index in [2.05, 4.69) is 25.6 Å². The van der Waals surface area contributed by atoms with Gasteiger partial charge < -0.3 is 16.4 Å². The molecule has 1 aromatic carbocycles. The van der Waals surface area contributed by atoms with Crippen molar-refractivity contribution in [3.63, 3.8) is 0 Å². The number of nitrogens with zero attached hydrogens (tertiary/aromatic N) is 3. The standard InChI is InChI=1S/C15H14N6/c16-15-20-13(18-11-4-2-1-3-5-11)10-14(21-15)19-12-6-8-17-9-7-12/h1-10H,(H4,16,17,18,19,20,21). The fourth-order valence-electron chi connectivity index (χ4n) is 1.85. The number of rotatable bonds is 4. The summed E-state index contributed by atoms with van der Waals surface area (Å²) in [6.45, 7) is 0. The Bertz CT molecular complexity index is 655. The van der Waals surface area contributed by atoms with Gasteiger partial charge in [0.05, 0.1) is 0 Å². The second kappa shape index (κ2) is 5.87. The zero-order valence-electron chi connectivity index (χ0n) is 11.2. The van der Waals surface area contributed by atoms with E-state index >= 15 is 0 Å². The molecule has 21 heavy (non-hydrogen) atoms. The number of hydrogen-bond acceptors (Lipinski definition) is 6. The first-order valence-electron chi connectivity index (χ1n) is 6.43. The number of pyridine rings is 1. The molecule has 0 spiro atoms. The minimum atomic E-state index is 0.201. The third kappa shape index (κ3) is 3.44. The molecule has 0 amide bonds. The summed E-state index contributed by atoms with van der Waals surface area (Å²) in [5, 5.41) is 6.35. The topological polar surface area (TPSA) is 88.8 Å². The van der Waals surface area contributed by atoms with Crippen molar-refractivity contribution in [3.8, 4) is 0 Å². The maximum Gasteiger partial charge on any atom is 0.223 e. The second-order valence-corrected chi connectivity index (χ2v) is 4.35. The first kappa shape index (κ1) is 12.9. The van der Waals surface area contributed by atoms with E-state index in [1.165, 1.54) is 0 Å². The average Bonchev–Trinajstić information content (AvgIpc) is 2.48. The second-order valence-electron chi connectivity index (χ2n) is 4.35. The van der Waals surface area contributed by atoms with Crippen molar-refractivity contribution in [3.05, 3.63) is 60.9 Å². The molecule has 0 atom stereocenters. The Morgan fingerprint density at radius 3 is 1.95 bits per heavy atom. The van der Waals surface area contributed by atoms with Crippen LogP contribution in [-0.2, 0) is 0 Å². The van der Waals surface area contributed by atoms with Crippen LogP contribution in [0.15, 0.2) is 60.9 Å². The molecule has 0 unspecified atom stereocenters. The van der Waals surface area contributed by atoms with Gasteiger partial charge in [0.25, 0.3) is 0 Å². The van der Waals surface area contributed by atoms with E-state index in [1.807, 2.05) is 42.5 Å². The number of para-hydroxylation sites is 1. The van der Waals surface area contributed by atoms with Crippen molar-refractivity contribution in [2.75, 3.05) is 16.4 Å². The first-order chi connectivity index (χ1) is 10.3. The zero-order valence-corrected chi connectivity index (χ0v) is 11.2. The number of benzene rings is 1. The van der Waals surface area contributed by atoms with Gasteiger partial charge in [0.15, 0.2) is 0 Å². The number of nitrogens with two attached hydrogens (primary N) is 1. The Morgan fingerprint density at radius 2 is 1.33 bits per heavy atom. The number of anilines is 5. The number of aromatic nitrogens is 3.